The fraction of sp³-hybridized carbons (Fsp3) is 0.833. The van der Waals surface area contributed by atoms with E-state index in [-0.39, 0.29) is 0 Å². The Morgan fingerprint density at radius 3 is 2.06 bits per heavy atom. The van der Waals surface area contributed by atoms with Crippen LogP contribution in [0.2, 0.25) is 0 Å². The predicted molar refractivity (Wildman–Crippen MR) is 47.9 cm³/mol. The van der Waals surface area contributed by atoms with Gasteiger partial charge in [-0.05, 0) is 0 Å². The maximum atomic E-state index is 10.8. The van der Waals surface area contributed by atoms with Crippen molar-refractivity contribution in [1.29, 1.82) is 0 Å². The van der Waals surface area contributed by atoms with Gasteiger partial charge in [-0.3, -0.25) is 9.32 Å². The molecule has 16 heavy (non-hydrogen) atoms. The summed E-state index contributed by atoms with van der Waals surface area (Å²) < 4.78 is 14.5. The van der Waals surface area contributed by atoms with E-state index in [0.717, 1.165) is 0 Å². The monoisotopic (exact) mass is 260 g/mol. The second kappa shape index (κ2) is 6.38. The number of Topliss-reactive ketones (excluding diaryl/α,β-unsaturated/α-hetero) is 1. The number of phosphoric acid groups is 1. The summed E-state index contributed by atoms with van der Waals surface area (Å²) in [5.74, 6) is -1.20. The minimum absolute atomic E-state index is 0.857. The first-order valence-corrected chi connectivity index (χ1v) is 5.62. The lowest BCUT2D eigenvalue weighted by atomic mass is 10.1. The maximum absolute atomic E-state index is 10.8. The van der Waals surface area contributed by atoms with Gasteiger partial charge in [-0.2, -0.15) is 0 Å². The highest BCUT2D eigenvalue weighted by Gasteiger charge is 2.31. The number of phosphoric ester groups is 1. The minimum Gasteiger partial charge on any atom is -0.394 e. The number of ketones is 1. The molecule has 6 N–H and O–H groups in total. The Morgan fingerprint density at radius 1 is 1.25 bits per heavy atom. The van der Waals surface area contributed by atoms with Gasteiger partial charge < -0.3 is 30.2 Å². The van der Waals surface area contributed by atoms with Gasteiger partial charge in [0.2, 0.25) is 6.29 Å². The zero-order valence-electron chi connectivity index (χ0n) is 8.00. The Balaban J connectivity index is 4.56. The van der Waals surface area contributed by atoms with Crippen molar-refractivity contribution in [2.75, 3.05) is 6.61 Å². The molecule has 0 amide bonds. The lowest BCUT2D eigenvalue weighted by molar-refractivity contribution is -0.148. The van der Waals surface area contributed by atoms with Gasteiger partial charge in [0.15, 0.2) is 5.78 Å². The largest absolute Gasteiger partial charge is 0.469 e. The van der Waals surface area contributed by atoms with Crippen molar-refractivity contribution in [3.63, 3.8) is 0 Å². The summed E-state index contributed by atoms with van der Waals surface area (Å²) in [6, 6.07) is 0. The SMILES string of the molecule is O=C(CC(OP(=O)(O)O)C(O)CO)C(O)O. The number of rotatable bonds is 7. The first kappa shape index (κ1) is 15.6. The second-order valence-corrected chi connectivity index (χ2v) is 4.12. The Bertz CT molecular complexity index is 271. The standard InChI is InChI=1S/C6H13O9P/c7-2-4(9)5(15-16(12,13)14)1-3(8)6(10)11/h4-7,9-11H,1-2H2,(H2,12,13,14). The van der Waals surface area contributed by atoms with Crippen LogP contribution in [0.5, 0.6) is 0 Å². The smallest absolute Gasteiger partial charge is 0.394 e. The molecule has 96 valence electrons. The fourth-order valence-electron chi connectivity index (χ4n) is 0.841. The van der Waals surface area contributed by atoms with Crippen LogP contribution in [0, 0.1) is 0 Å². The molecule has 10 heteroatoms. The molecule has 0 aromatic heterocycles. The predicted octanol–water partition coefficient (Wildman–Crippen LogP) is -2.91. The summed E-state index contributed by atoms with van der Waals surface area (Å²) in [6.45, 7) is -0.903. The van der Waals surface area contributed by atoms with Crippen LogP contribution in [0.1, 0.15) is 6.42 Å². The van der Waals surface area contributed by atoms with Crippen molar-refractivity contribution in [2.24, 2.45) is 0 Å². The quantitative estimate of drug-likeness (QED) is 0.208. The summed E-state index contributed by atoms with van der Waals surface area (Å²) >= 11 is 0. The van der Waals surface area contributed by atoms with Crippen LogP contribution in [0.15, 0.2) is 0 Å². The van der Waals surface area contributed by atoms with E-state index >= 15 is 0 Å². The second-order valence-electron chi connectivity index (χ2n) is 2.93. The molecule has 0 aliphatic heterocycles. The van der Waals surface area contributed by atoms with Crippen LogP contribution < -0.4 is 0 Å². The van der Waals surface area contributed by atoms with Crippen LogP contribution in [-0.4, -0.2) is 61.1 Å². The van der Waals surface area contributed by atoms with E-state index < -0.39 is 45.1 Å². The third-order valence-electron chi connectivity index (χ3n) is 1.58. The fourth-order valence-corrected chi connectivity index (χ4v) is 1.41. The number of hydrogen-bond acceptors (Lipinski definition) is 7. The molecular weight excluding hydrogens is 247 g/mol. The van der Waals surface area contributed by atoms with Crippen molar-refractivity contribution in [2.45, 2.75) is 24.9 Å². The molecule has 0 rings (SSSR count). The Labute approximate surface area is 90.2 Å². The van der Waals surface area contributed by atoms with Gasteiger partial charge in [-0.15, -0.1) is 0 Å². The molecule has 0 aliphatic rings. The van der Waals surface area contributed by atoms with Crippen molar-refractivity contribution < 1.29 is 44.1 Å². The van der Waals surface area contributed by atoms with E-state index in [1.165, 1.54) is 0 Å². The Hall–Kier alpha value is -0.380. The average molecular weight is 260 g/mol. The molecule has 0 aromatic carbocycles. The molecule has 0 aliphatic carbocycles. The number of carbonyl (C=O) groups is 1. The van der Waals surface area contributed by atoms with E-state index in [1.807, 2.05) is 0 Å². The molecule has 0 fully saturated rings. The molecule has 0 saturated heterocycles. The van der Waals surface area contributed by atoms with Crippen LogP contribution in [-0.2, 0) is 13.9 Å². The third kappa shape index (κ3) is 6.26. The zero-order chi connectivity index (χ0) is 12.9. The number of carbonyl (C=O) groups excluding carboxylic acids is 1. The van der Waals surface area contributed by atoms with Crippen molar-refractivity contribution >= 4 is 13.6 Å². The topological polar surface area (TPSA) is 165 Å². The third-order valence-corrected chi connectivity index (χ3v) is 2.12. The van der Waals surface area contributed by atoms with Gasteiger partial charge in [-0.1, -0.05) is 0 Å². The molecule has 9 nitrogen and oxygen atoms in total. The molecule has 0 saturated carbocycles. The molecule has 2 unspecified atom stereocenters. The average Bonchev–Trinajstić information content (AvgIpc) is 2.13. The van der Waals surface area contributed by atoms with Crippen LogP contribution in [0.3, 0.4) is 0 Å². The van der Waals surface area contributed by atoms with Crippen molar-refractivity contribution in [1.82, 2.24) is 0 Å². The highest BCUT2D eigenvalue weighted by molar-refractivity contribution is 7.46. The van der Waals surface area contributed by atoms with E-state index in [4.69, 9.17) is 30.2 Å². The summed E-state index contributed by atoms with van der Waals surface area (Å²) in [5.41, 5.74) is 0. The van der Waals surface area contributed by atoms with E-state index in [2.05, 4.69) is 4.52 Å². The molecular formula is C6H13O9P. The zero-order valence-corrected chi connectivity index (χ0v) is 8.90. The molecule has 2 atom stereocenters. The highest BCUT2D eigenvalue weighted by Crippen LogP contribution is 2.39. The van der Waals surface area contributed by atoms with Gasteiger partial charge in [0.05, 0.1) is 6.61 Å². The lowest BCUT2D eigenvalue weighted by Crippen LogP contribution is -2.36. The summed E-state index contributed by atoms with van der Waals surface area (Å²) in [5, 5.41) is 34.5. The minimum atomic E-state index is -4.96. The van der Waals surface area contributed by atoms with E-state index in [9.17, 15) is 9.36 Å². The molecule has 0 aromatic rings. The molecule has 0 heterocycles. The molecule has 0 spiro atoms. The first-order valence-electron chi connectivity index (χ1n) is 4.09. The molecule has 0 bridgehead atoms. The maximum Gasteiger partial charge on any atom is 0.469 e. The summed E-state index contributed by atoms with van der Waals surface area (Å²) in [6.07, 6.45) is -6.64. The first-order chi connectivity index (χ1) is 7.17. The molecule has 0 radical (unpaired) electrons. The van der Waals surface area contributed by atoms with E-state index in [0.29, 0.717) is 0 Å². The summed E-state index contributed by atoms with van der Waals surface area (Å²) in [7, 11) is -4.96. The van der Waals surface area contributed by atoms with Gasteiger partial charge in [0.1, 0.15) is 12.2 Å². The highest BCUT2D eigenvalue weighted by atomic mass is 31.2. The van der Waals surface area contributed by atoms with E-state index in [1.54, 1.807) is 0 Å². The summed E-state index contributed by atoms with van der Waals surface area (Å²) in [4.78, 5) is 27.7. The number of hydrogen-bond donors (Lipinski definition) is 6. The van der Waals surface area contributed by atoms with Crippen molar-refractivity contribution in [3.05, 3.63) is 0 Å². The van der Waals surface area contributed by atoms with Gasteiger partial charge in [-0.25, -0.2) is 4.57 Å². The van der Waals surface area contributed by atoms with Crippen LogP contribution >= 0.6 is 7.82 Å². The van der Waals surface area contributed by atoms with Gasteiger partial charge in [0.25, 0.3) is 0 Å². The van der Waals surface area contributed by atoms with Crippen LogP contribution in [0.4, 0.5) is 0 Å². The van der Waals surface area contributed by atoms with Crippen molar-refractivity contribution in [3.8, 4) is 0 Å². The van der Waals surface area contributed by atoms with Gasteiger partial charge >= 0.3 is 7.82 Å². The Kier molecular flexibility index (Phi) is 6.23. The number of aliphatic hydroxyl groups is 4. The van der Waals surface area contributed by atoms with Crippen LogP contribution in [0.25, 0.3) is 0 Å². The lowest BCUT2D eigenvalue weighted by Gasteiger charge is -2.21. The normalized spacial score (nSPS) is 16.2. The number of aliphatic hydroxyl groups excluding tert-OH is 3. The van der Waals surface area contributed by atoms with Gasteiger partial charge in [0, 0.05) is 6.42 Å². The Morgan fingerprint density at radius 2 is 1.75 bits per heavy atom.